The highest BCUT2D eigenvalue weighted by molar-refractivity contribution is 5.99. The largest absolute Gasteiger partial charge is 0.375 e. The molecule has 2 fully saturated rings. The molecule has 1 aromatic carbocycles. The second-order valence-electron chi connectivity index (χ2n) is 5.69. The van der Waals surface area contributed by atoms with Gasteiger partial charge in [0.2, 0.25) is 0 Å². The summed E-state index contributed by atoms with van der Waals surface area (Å²) in [6, 6.07) is 6.02. The first-order valence-electron chi connectivity index (χ1n) is 7.34. The number of carbonyl (C=O) groups is 1. The van der Waals surface area contributed by atoms with Crippen LogP contribution in [0.1, 0.15) is 36.5 Å². The quantitative estimate of drug-likeness (QED) is 0.796. The molecule has 20 heavy (non-hydrogen) atoms. The van der Waals surface area contributed by atoms with Gasteiger partial charge in [-0.1, -0.05) is 0 Å². The van der Waals surface area contributed by atoms with E-state index < -0.39 is 0 Å². The maximum Gasteiger partial charge on any atom is 0.179 e. The van der Waals surface area contributed by atoms with E-state index in [1.165, 1.54) is 18.6 Å². The van der Waals surface area contributed by atoms with Crippen LogP contribution >= 0.6 is 0 Å². The van der Waals surface area contributed by atoms with Crippen molar-refractivity contribution in [2.24, 2.45) is 0 Å². The zero-order chi connectivity index (χ0) is 14.1. The molecule has 1 heterocycles. The maximum absolute atomic E-state index is 12.9. The summed E-state index contributed by atoms with van der Waals surface area (Å²) in [6.07, 6.45) is 3.65. The summed E-state index contributed by atoms with van der Waals surface area (Å²) in [7, 11) is 0. The average molecular weight is 277 g/mol. The molecule has 0 aromatic heterocycles. The number of hydrogen-bond donors (Lipinski definition) is 0. The number of ketones is 1. The summed E-state index contributed by atoms with van der Waals surface area (Å²) in [4.78, 5) is 14.8. The van der Waals surface area contributed by atoms with Gasteiger partial charge in [0.15, 0.2) is 5.78 Å². The minimum atomic E-state index is -0.309. The molecule has 0 amide bonds. The Kier molecular flexibility index (Phi) is 3.85. The third-order valence-electron chi connectivity index (χ3n) is 4.53. The highest BCUT2D eigenvalue weighted by atomic mass is 19.1. The lowest BCUT2D eigenvalue weighted by atomic mass is 10.0. The van der Waals surface area contributed by atoms with Gasteiger partial charge in [-0.25, -0.2) is 4.39 Å². The molecule has 1 saturated carbocycles. The standard InChI is InChI=1S/C16H20FNO2/c1-11(16(19)12-5-7-13(17)8-6-12)18-9-10-20-15-4-2-3-14(15)18/h5-8,11,14-15H,2-4,9-10H2,1H3. The van der Waals surface area contributed by atoms with Gasteiger partial charge in [0, 0.05) is 18.2 Å². The van der Waals surface area contributed by atoms with E-state index in [9.17, 15) is 9.18 Å². The molecular weight excluding hydrogens is 257 g/mol. The number of ether oxygens (including phenoxy) is 1. The van der Waals surface area contributed by atoms with E-state index in [1.807, 2.05) is 6.92 Å². The van der Waals surface area contributed by atoms with Crippen LogP contribution in [0.2, 0.25) is 0 Å². The van der Waals surface area contributed by atoms with Crippen molar-refractivity contribution in [2.45, 2.75) is 44.4 Å². The fourth-order valence-corrected chi connectivity index (χ4v) is 3.44. The highest BCUT2D eigenvalue weighted by Gasteiger charge is 2.39. The first-order chi connectivity index (χ1) is 9.66. The van der Waals surface area contributed by atoms with Crippen LogP contribution in [0.3, 0.4) is 0 Å². The van der Waals surface area contributed by atoms with Crippen LogP contribution in [0.5, 0.6) is 0 Å². The van der Waals surface area contributed by atoms with E-state index in [2.05, 4.69) is 4.90 Å². The van der Waals surface area contributed by atoms with Gasteiger partial charge in [0.1, 0.15) is 5.82 Å². The van der Waals surface area contributed by atoms with Crippen molar-refractivity contribution in [1.82, 2.24) is 4.90 Å². The molecule has 1 aliphatic heterocycles. The summed E-state index contributed by atoms with van der Waals surface area (Å²) in [6.45, 7) is 3.45. The van der Waals surface area contributed by atoms with Crippen LogP contribution in [0, 0.1) is 5.82 Å². The topological polar surface area (TPSA) is 29.5 Å². The summed E-state index contributed by atoms with van der Waals surface area (Å²) in [5.41, 5.74) is 0.583. The van der Waals surface area contributed by atoms with E-state index in [1.54, 1.807) is 12.1 Å². The van der Waals surface area contributed by atoms with Crippen molar-refractivity contribution in [1.29, 1.82) is 0 Å². The van der Waals surface area contributed by atoms with Crippen LogP contribution in [-0.4, -0.2) is 42.0 Å². The Morgan fingerprint density at radius 1 is 1.35 bits per heavy atom. The highest BCUT2D eigenvalue weighted by Crippen LogP contribution is 2.31. The Morgan fingerprint density at radius 2 is 2.10 bits per heavy atom. The molecule has 0 bridgehead atoms. The SMILES string of the molecule is CC(C(=O)c1ccc(F)cc1)N1CCOC2CCCC21. The molecular formula is C16H20FNO2. The lowest BCUT2D eigenvalue weighted by Crippen LogP contribution is -2.54. The van der Waals surface area contributed by atoms with E-state index >= 15 is 0 Å². The molecule has 3 atom stereocenters. The zero-order valence-corrected chi connectivity index (χ0v) is 11.7. The Balaban J connectivity index is 1.75. The average Bonchev–Trinajstić information content (AvgIpc) is 2.95. The third kappa shape index (κ3) is 2.50. The van der Waals surface area contributed by atoms with Crippen molar-refractivity contribution in [3.05, 3.63) is 35.6 Å². The number of rotatable bonds is 3. The monoisotopic (exact) mass is 277 g/mol. The van der Waals surface area contributed by atoms with Gasteiger partial charge < -0.3 is 4.74 Å². The second kappa shape index (κ2) is 5.62. The first-order valence-corrected chi connectivity index (χ1v) is 7.34. The number of nitrogens with zero attached hydrogens (tertiary/aromatic N) is 1. The lowest BCUT2D eigenvalue weighted by molar-refractivity contribution is -0.0643. The number of morpholine rings is 1. The van der Waals surface area contributed by atoms with Gasteiger partial charge in [-0.15, -0.1) is 0 Å². The van der Waals surface area contributed by atoms with Crippen LogP contribution in [0.25, 0.3) is 0 Å². The zero-order valence-electron chi connectivity index (χ0n) is 11.7. The molecule has 3 rings (SSSR count). The van der Waals surface area contributed by atoms with Gasteiger partial charge in [0.05, 0.1) is 18.8 Å². The molecule has 3 nitrogen and oxygen atoms in total. The van der Waals surface area contributed by atoms with Crippen molar-refractivity contribution >= 4 is 5.78 Å². The molecule has 3 unspecified atom stereocenters. The Morgan fingerprint density at radius 3 is 2.85 bits per heavy atom. The fraction of sp³-hybridized carbons (Fsp3) is 0.562. The molecule has 1 aliphatic carbocycles. The fourth-order valence-electron chi connectivity index (χ4n) is 3.44. The molecule has 4 heteroatoms. The summed E-state index contributed by atoms with van der Waals surface area (Å²) < 4.78 is 18.7. The van der Waals surface area contributed by atoms with E-state index in [0.717, 1.165) is 19.4 Å². The second-order valence-corrected chi connectivity index (χ2v) is 5.69. The molecule has 1 aromatic rings. The molecule has 108 valence electrons. The summed E-state index contributed by atoms with van der Waals surface area (Å²) in [5.74, 6) is -0.242. The maximum atomic E-state index is 12.9. The van der Waals surface area contributed by atoms with Crippen molar-refractivity contribution in [3.8, 4) is 0 Å². The summed E-state index contributed by atoms with van der Waals surface area (Å²) in [5, 5.41) is 0. The minimum Gasteiger partial charge on any atom is -0.375 e. The van der Waals surface area contributed by atoms with Gasteiger partial charge in [0.25, 0.3) is 0 Å². The van der Waals surface area contributed by atoms with Gasteiger partial charge in [-0.3, -0.25) is 9.69 Å². The van der Waals surface area contributed by atoms with Crippen molar-refractivity contribution in [2.75, 3.05) is 13.2 Å². The van der Waals surface area contributed by atoms with E-state index in [4.69, 9.17) is 4.74 Å². The molecule has 2 aliphatic rings. The van der Waals surface area contributed by atoms with Crippen molar-refractivity contribution in [3.63, 3.8) is 0 Å². The third-order valence-corrected chi connectivity index (χ3v) is 4.53. The van der Waals surface area contributed by atoms with Crippen LogP contribution in [0.4, 0.5) is 4.39 Å². The number of carbonyl (C=O) groups excluding carboxylic acids is 1. The number of hydrogen-bond acceptors (Lipinski definition) is 3. The number of halogens is 1. The van der Waals surface area contributed by atoms with Gasteiger partial charge >= 0.3 is 0 Å². The predicted molar refractivity (Wildman–Crippen MR) is 74.3 cm³/mol. The van der Waals surface area contributed by atoms with Gasteiger partial charge in [-0.05, 0) is 50.5 Å². The normalized spacial score (nSPS) is 28.1. The molecule has 0 radical (unpaired) electrons. The number of benzene rings is 1. The Hall–Kier alpha value is -1.26. The molecule has 0 N–H and O–H groups in total. The Labute approximate surface area is 118 Å². The first kappa shape index (κ1) is 13.7. The van der Waals surface area contributed by atoms with Crippen LogP contribution < -0.4 is 0 Å². The summed E-state index contributed by atoms with van der Waals surface area (Å²) >= 11 is 0. The predicted octanol–water partition coefficient (Wildman–Crippen LogP) is 2.65. The van der Waals surface area contributed by atoms with E-state index in [0.29, 0.717) is 18.2 Å². The molecule has 0 spiro atoms. The van der Waals surface area contributed by atoms with E-state index in [-0.39, 0.29) is 23.7 Å². The van der Waals surface area contributed by atoms with Crippen LogP contribution in [-0.2, 0) is 4.74 Å². The minimum absolute atomic E-state index is 0.0672. The smallest absolute Gasteiger partial charge is 0.179 e. The number of Topliss-reactive ketones (excluding diaryl/α,β-unsaturated/α-hetero) is 1. The Bertz CT molecular complexity index is 488. The molecule has 1 saturated heterocycles. The number of fused-ring (bicyclic) bond motifs is 1. The lowest BCUT2D eigenvalue weighted by Gasteiger charge is -2.40. The van der Waals surface area contributed by atoms with Crippen LogP contribution in [0.15, 0.2) is 24.3 Å². The van der Waals surface area contributed by atoms with Crippen molar-refractivity contribution < 1.29 is 13.9 Å². The van der Waals surface area contributed by atoms with Gasteiger partial charge in [-0.2, -0.15) is 0 Å².